The maximum absolute atomic E-state index is 7.89. The summed E-state index contributed by atoms with van der Waals surface area (Å²) in [6.45, 7) is 6.92. The Bertz CT molecular complexity index is 1290. The molecule has 3 aromatic carbocycles. The van der Waals surface area contributed by atoms with Crippen LogP contribution in [0.4, 0.5) is 0 Å². The van der Waals surface area contributed by atoms with Crippen LogP contribution in [0.15, 0.2) is 102 Å². The Morgan fingerprint density at radius 1 is 0.879 bits per heavy atom. The van der Waals surface area contributed by atoms with Gasteiger partial charge in [0.1, 0.15) is 0 Å². The van der Waals surface area contributed by atoms with E-state index in [0.717, 1.165) is 35.7 Å². The zero-order valence-electron chi connectivity index (χ0n) is 19.7. The zero-order valence-corrected chi connectivity index (χ0v) is 19.7. The molecule has 0 amide bonds. The minimum Gasteiger partial charge on any atom is -0.336 e. The van der Waals surface area contributed by atoms with Gasteiger partial charge in [-0.05, 0) is 49.6 Å². The molecule has 0 aliphatic carbocycles. The Morgan fingerprint density at radius 2 is 1.58 bits per heavy atom. The van der Waals surface area contributed by atoms with Gasteiger partial charge in [0.15, 0.2) is 5.84 Å². The van der Waals surface area contributed by atoms with Crippen molar-refractivity contribution < 1.29 is 0 Å². The number of aromatic nitrogens is 1. The van der Waals surface area contributed by atoms with Crippen molar-refractivity contribution in [3.8, 4) is 0 Å². The number of rotatable bonds is 7. The monoisotopic (exact) mass is 436 g/mol. The first-order chi connectivity index (χ1) is 16.2. The number of benzene rings is 3. The van der Waals surface area contributed by atoms with E-state index in [9.17, 15) is 0 Å². The lowest BCUT2D eigenvalue weighted by Crippen LogP contribution is -2.01. The van der Waals surface area contributed by atoms with E-state index in [0.29, 0.717) is 5.56 Å². The first-order valence-corrected chi connectivity index (χ1v) is 11.5. The molecule has 4 heteroatoms. The minimum absolute atomic E-state index is 0.0172. The van der Waals surface area contributed by atoms with Gasteiger partial charge in [-0.2, -0.15) is 0 Å². The molecule has 0 spiro atoms. The molecule has 0 aliphatic rings. The number of fused-ring (bicyclic) bond motifs is 3. The van der Waals surface area contributed by atoms with Crippen LogP contribution in [-0.4, -0.2) is 10.4 Å². The second-order valence-electron chi connectivity index (χ2n) is 7.61. The molecule has 0 fully saturated rings. The lowest BCUT2D eigenvalue weighted by Gasteiger charge is -2.10. The highest BCUT2D eigenvalue weighted by Crippen LogP contribution is 2.31. The summed E-state index contributed by atoms with van der Waals surface area (Å²) in [6, 6.07) is 24.8. The molecule has 0 radical (unpaired) electrons. The Kier molecular flexibility index (Phi) is 8.48. The molecule has 0 saturated heterocycles. The standard InChI is InChI=1S/C27H26N4.C2H6/c1-2-20(10-6-7-13-21-11-4-3-5-12-21)19-31-25-15-9-8-14-23(25)24-18-22(27(28)30-29)16-17-26(24)31;1-2/h2-9,11-12,14-18,28-29H,10,13,19H2,1H3;1-2H3/b7-6-,20-2+,28-27?,30-29?;. The van der Waals surface area contributed by atoms with E-state index < -0.39 is 0 Å². The summed E-state index contributed by atoms with van der Waals surface area (Å²) < 4.78 is 2.34. The average molecular weight is 437 g/mol. The summed E-state index contributed by atoms with van der Waals surface area (Å²) in [6.07, 6.45) is 8.57. The van der Waals surface area contributed by atoms with Crippen LogP contribution in [0.2, 0.25) is 0 Å². The minimum atomic E-state index is -0.0172. The Balaban J connectivity index is 0.00000149. The summed E-state index contributed by atoms with van der Waals surface area (Å²) >= 11 is 0. The van der Waals surface area contributed by atoms with Crippen molar-refractivity contribution in [1.29, 1.82) is 10.9 Å². The molecule has 2 N–H and O–H groups in total. The average Bonchev–Trinajstić information content (AvgIpc) is 3.20. The van der Waals surface area contributed by atoms with Crippen LogP contribution in [0.25, 0.3) is 21.8 Å². The maximum atomic E-state index is 7.89. The molecule has 0 bridgehead atoms. The SMILES string of the molecule is C/C=C(\C/C=C\Cc1ccccc1)Cn1c2ccccc2c2cc(C(=N)N=N)ccc21.CC. The van der Waals surface area contributed by atoms with Crippen molar-refractivity contribution in [3.05, 3.63) is 108 Å². The predicted octanol–water partition coefficient (Wildman–Crippen LogP) is 8.31. The van der Waals surface area contributed by atoms with Gasteiger partial charge in [0.25, 0.3) is 0 Å². The molecule has 0 aliphatic heterocycles. The van der Waals surface area contributed by atoms with Gasteiger partial charge >= 0.3 is 0 Å². The Morgan fingerprint density at radius 3 is 2.30 bits per heavy atom. The van der Waals surface area contributed by atoms with Gasteiger partial charge in [0.05, 0.1) is 0 Å². The quantitative estimate of drug-likeness (QED) is 0.127. The lowest BCUT2D eigenvalue weighted by atomic mass is 10.1. The number of hydrogen-bond donors (Lipinski definition) is 2. The van der Waals surface area contributed by atoms with Crippen LogP contribution in [0, 0.1) is 10.9 Å². The normalized spacial score (nSPS) is 11.5. The van der Waals surface area contributed by atoms with Crippen LogP contribution in [0.5, 0.6) is 0 Å². The van der Waals surface area contributed by atoms with Crippen LogP contribution >= 0.6 is 0 Å². The highest BCUT2D eigenvalue weighted by atomic mass is 15.0. The Hall–Kier alpha value is -3.79. The molecule has 4 nitrogen and oxygen atoms in total. The number of nitrogens with one attached hydrogen (secondary N) is 2. The second-order valence-corrected chi connectivity index (χ2v) is 7.61. The largest absolute Gasteiger partial charge is 0.336 e. The van der Waals surface area contributed by atoms with Gasteiger partial charge in [-0.15, -0.1) is 5.11 Å². The third-order valence-electron chi connectivity index (χ3n) is 5.67. The number of para-hydroxylation sites is 1. The Labute approximate surface area is 196 Å². The molecule has 0 unspecified atom stereocenters. The van der Waals surface area contributed by atoms with Gasteiger partial charge in [-0.3, -0.25) is 5.41 Å². The third kappa shape index (κ3) is 5.53. The fourth-order valence-electron chi connectivity index (χ4n) is 3.98. The van der Waals surface area contributed by atoms with Crippen molar-refractivity contribution in [3.63, 3.8) is 0 Å². The fraction of sp³-hybridized carbons (Fsp3) is 0.207. The van der Waals surface area contributed by atoms with Crippen LogP contribution in [0.3, 0.4) is 0 Å². The van der Waals surface area contributed by atoms with Crippen molar-refractivity contribution in [2.24, 2.45) is 5.11 Å². The first-order valence-electron chi connectivity index (χ1n) is 11.5. The smallest absolute Gasteiger partial charge is 0.173 e. The van der Waals surface area contributed by atoms with Crippen molar-refractivity contribution in [2.75, 3.05) is 0 Å². The molecule has 0 atom stereocenters. The van der Waals surface area contributed by atoms with E-state index in [4.69, 9.17) is 10.9 Å². The summed E-state index contributed by atoms with van der Waals surface area (Å²) in [4.78, 5) is 0. The van der Waals surface area contributed by atoms with E-state index in [1.807, 2.05) is 44.2 Å². The number of amidine groups is 1. The third-order valence-corrected chi connectivity index (χ3v) is 5.67. The molecule has 0 saturated carbocycles. The van der Waals surface area contributed by atoms with Gasteiger partial charge in [0.2, 0.25) is 0 Å². The molecular formula is C29H32N4. The number of nitrogens with zero attached hydrogens (tertiary/aromatic N) is 2. The molecule has 168 valence electrons. The van der Waals surface area contributed by atoms with E-state index >= 15 is 0 Å². The second kappa shape index (κ2) is 11.7. The number of allylic oxidation sites excluding steroid dienone is 4. The van der Waals surface area contributed by atoms with Crippen molar-refractivity contribution in [2.45, 2.75) is 40.2 Å². The first kappa shape index (κ1) is 23.9. The fourth-order valence-corrected chi connectivity index (χ4v) is 3.98. The summed E-state index contributed by atoms with van der Waals surface area (Å²) in [5.41, 5.74) is 12.8. The van der Waals surface area contributed by atoms with Gasteiger partial charge in [0, 0.05) is 33.9 Å². The van der Waals surface area contributed by atoms with E-state index in [2.05, 4.69) is 77.3 Å². The van der Waals surface area contributed by atoms with E-state index in [1.165, 1.54) is 16.7 Å². The van der Waals surface area contributed by atoms with Crippen molar-refractivity contribution in [1.82, 2.24) is 4.57 Å². The summed E-state index contributed by atoms with van der Waals surface area (Å²) in [5, 5.41) is 13.4. The highest BCUT2D eigenvalue weighted by molar-refractivity contribution is 6.11. The zero-order chi connectivity index (χ0) is 23.6. The predicted molar refractivity (Wildman–Crippen MR) is 140 cm³/mol. The summed E-state index contributed by atoms with van der Waals surface area (Å²) in [5.74, 6) is -0.0172. The van der Waals surface area contributed by atoms with Crippen LogP contribution in [0.1, 0.15) is 38.3 Å². The molecule has 33 heavy (non-hydrogen) atoms. The molecule has 1 aromatic heterocycles. The molecular weight excluding hydrogens is 404 g/mol. The topological polar surface area (TPSA) is 65.0 Å². The van der Waals surface area contributed by atoms with Gasteiger partial charge in [-0.1, -0.05) is 86.2 Å². The van der Waals surface area contributed by atoms with Gasteiger partial charge in [-0.25, -0.2) is 5.53 Å². The van der Waals surface area contributed by atoms with E-state index in [1.54, 1.807) is 0 Å². The van der Waals surface area contributed by atoms with Crippen molar-refractivity contribution >= 4 is 27.6 Å². The lowest BCUT2D eigenvalue weighted by molar-refractivity contribution is 0.825. The maximum Gasteiger partial charge on any atom is 0.173 e. The molecule has 1 heterocycles. The molecule has 4 aromatic rings. The van der Waals surface area contributed by atoms with Crippen LogP contribution < -0.4 is 0 Å². The molecule has 4 rings (SSSR count). The van der Waals surface area contributed by atoms with Crippen LogP contribution in [-0.2, 0) is 13.0 Å². The summed E-state index contributed by atoms with van der Waals surface area (Å²) in [7, 11) is 0. The highest BCUT2D eigenvalue weighted by Gasteiger charge is 2.13. The number of hydrogen-bond acceptors (Lipinski definition) is 2. The van der Waals surface area contributed by atoms with Gasteiger partial charge < -0.3 is 4.57 Å². The van der Waals surface area contributed by atoms with E-state index in [-0.39, 0.29) is 5.84 Å².